The highest BCUT2D eigenvalue weighted by molar-refractivity contribution is 6.32. The van der Waals surface area contributed by atoms with Crippen LogP contribution in [0.3, 0.4) is 0 Å². The molecule has 3 rings (SSSR count). The molecule has 0 aromatic carbocycles. The Morgan fingerprint density at radius 1 is 1.26 bits per heavy atom. The van der Waals surface area contributed by atoms with Crippen LogP contribution in [0.4, 0.5) is 5.82 Å². The molecule has 0 radical (unpaired) electrons. The van der Waals surface area contributed by atoms with Crippen LogP contribution in [-0.2, 0) is 0 Å². The molecule has 0 spiro atoms. The molecule has 4 nitrogen and oxygen atoms in total. The third kappa shape index (κ3) is 1.94. The second-order valence-corrected chi connectivity index (χ2v) is 4.52. The lowest BCUT2D eigenvalue weighted by Crippen LogP contribution is -1.89. The SMILES string of the molecule is [C-]#[N+]c1cnc2ccc(-c3ccc(C)nc3Cl)cn12. The van der Waals surface area contributed by atoms with Crippen molar-refractivity contribution in [2.24, 2.45) is 0 Å². The Labute approximate surface area is 115 Å². The van der Waals surface area contributed by atoms with Gasteiger partial charge in [-0.1, -0.05) is 18.2 Å². The van der Waals surface area contributed by atoms with E-state index in [4.69, 9.17) is 18.2 Å². The molecule has 0 amide bonds. The van der Waals surface area contributed by atoms with Gasteiger partial charge in [-0.3, -0.25) is 0 Å². The van der Waals surface area contributed by atoms with Crippen LogP contribution in [0.15, 0.2) is 36.7 Å². The smallest absolute Gasteiger partial charge is 0.254 e. The molecular formula is C14H9ClN4. The van der Waals surface area contributed by atoms with Crippen molar-refractivity contribution in [1.82, 2.24) is 14.4 Å². The van der Waals surface area contributed by atoms with E-state index >= 15 is 0 Å². The molecule has 0 aliphatic heterocycles. The van der Waals surface area contributed by atoms with Crippen LogP contribution in [0.25, 0.3) is 21.6 Å². The molecule has 0 unspecified atom stereocenters. The predicted octanol–water partition coefficient (Wildman–Crippen LogP) is 3.91. The summed E-state index contributed by atoms with van der Waals surface area (Å²) in [6.07, 6.45) is 3.41. The van der Waals surface area contributed by atoms with Gasteiger partial charge in [0.2, 0.25) is 5.65 Å². The molecule has 0 bridgehead atoms. The molecule has 3 heterocycles. The Morgan fingerprint density at radius 2 is 2.11 bits per heavy atom. The largest absolute Gasteiger partial charge is 0.362 e. The van der Waals surface area contributed by atoms with Gasteiger partial charge in [-0.05, 0) is 25.1 Å². The summed E-state index contributed by atoms with van der Waals surface area (Å²) in [5, 5.41) is 0.462. The summed E-state index contributed by atoms with van der Waals surface area (Å²) in [6, 6.07) is 7.63. The maximum atomic E-state index is 7.11. The zero-order valence-corrected chi connectivity index (χ0v) is 10.9. The Hall–Kier alpha value is -2.38. The molecule has 0 fully saturated rings. The van der Waals surface area contributed by atoms with Crippen molar-refractivity contribution in [2.45, 2.75) is 6.92 Å². The van der Waals surface area contributed by atoms with E-state index in [1.54, 1.807) is 10.6 Å². The molecule has 0 N–H and O–H groups in total. The number of halogens is 1. The highest BCUT2D eigenvalue weighted by Crippen LogP contribution is 2.28. The van der Waals surface area contributed by atoms with Crippen molar-refractivity contribution in [2.75, 3.05) is 0 Å². The summed E-state index contributed by atoms with van der Waals surface area (Å²) in [6.45, 7) is 9.01. The third-order valence-electron chi connectivity index (χ3n) is 2.90. The Balaban J connectivity index is 2.23. The van der Waals surface area contributed by atoms with E-state index in [9.17, 15) is 0 Å². The Kier molecular flexibility index (Phi) is 2.69. The molecule has 5 heteroatoms. The maximum absolute atomic E-state index is 7.11. The first kappa shape index (κ1) is 11.7. The average molecular weight is 269 g/mol. The maximum Gasteiger partial charge on any atom is 0.254 e. The van der Waals surface area contributed by atoms with Gasteiger partial charge >= 0.3 is 0 Å². The van der Waals surface area contributed by atoms with Crippen molar-refractivity contribution in [3.8, 4) is 11.1 Å². The number of rotatable bonds is 1. The minimum Gasteiger partial charge on any atom is -0.362 e. The number of aromatic nitrogens is 3. The molecule has 0 saturated heterocycles. The second kappa shape index (κ2) is 4.38. The normalized spacial score (nSPS) is 10.6. The van der Waals surface area contributed by atoms with E-state index in [1.807, 2.05) is 37.4 Å². The van der Waals surface area contributed by atoms with Gasteiger partial charge in [-0.15, -0.1) is 0 Å². The van der Waals surface area contributed by atoms with Gasteiger partial charge in [-0.25, -0.2) is 14.4 Å². The summed E-state index contributed by atoms with van der Waals surface area (Å²) < 4.78 is 1.75. The van der Waals surface area contributed by atoms with Gasteiger partial charge in [0.25, 0.3) is 5.82 Å². The molecule has 0 saturated carbocycles. The Morgan fingerprint density at radius 3 is 2.84 bits per heavy atom. The lowest BCUT2D eigenvalue weighted by Gasteiger charge is -2.04. The van der Waals surface area contributed by atoms with Gasteiger partial charge in [0, 0.05) is 22.9 Å². The minimum absolute atomic E-state index is 0.462. The molecular weight excluding hydrogens is 260 g/mol. The van der Waals surface area contributed by atoms with Crippen molar-refractivity contribution < 1.29 is 0 Å². The van der Waals surface area contributed by atoms with E-state index in [0.29, 0.717) is 11.0 Å². The summed E-state index contributed by atoms with van der Waals surface area (Å²) in [5.74, 6) is 0.480. The first-order valence-electron chi connectivity index (χ1n) is 5.67. The average Bonchev–Trinajstić information content (AvgIpc) is 2.80. The van der Waals surface area contributed by atoms with Gasteiger partial charge in [0.15, 0.2) is 0 Å². The zero-order valence-electron chi connectivity index (χ0n) is 10.1. The predicted molar refractivity (Wildman–Crippen MR) is 74.4 cm³/mol. The fourth-order valence-electron chi connectivity index (χ4n) is 1.95. The van der Waals surface area contributed by atoms with Crippen LogP contribution in [0, 0.1) is 13.5 Å². The highest BCUT2D eigenvalue weighted by Gasteiger charge is 2.10. The zero-order chi connectivity index (χ0) is 13.4. The number of hydrogen-bond acceptors (Lipinski definition) is 2. The number of aryl methyl sites for hydroxylation is 1. The number of hydrogen-bond donors (Lipinski definition) is 0. The third-order valence-corrected chi connectivity index (χ3v) is 3.19. The van der Waals surface area contributed by atoms with Gasteiger partial charge in [-0.2, -0.15) is 0 Å². The van der Waals surface area contributed by atoms with Crippen molar-refractivity contribution in [1.29, 1.82) is 0 Å². The lowest BCUT2D eigenvalue weighted by atomic mass is 10.1. The summed E-state index contributed by atoms with van der Waals surface area (Å²) in [4.78, 5) is 11.8. The van der Waals surface area contributed by atoms with Crippen LogP contribution < -0.4 is 0 Å². The summed E-state index contributed by atoms with van der Waals surface area (Å²) >= 11 is 6.17. The fraction of sp³-hybridized carbons (Fsp3) is 0.0714. The van der Waals surface area contributed by atoms with E-state index in [1.165, 1.54) is 0 Å². The molecule has 92 valence electrons. The van der Waals surface area contributed by atoms with Gasteiger partial charge in [0.05, 0.1) is 12.4 Å². The minimum atomic E-state index is 0.462. The van der Waals surface area contributed by atoms with E-state index < -0.39 is 0 Å². The first-order chi connectivity index (χ1) is 9.19. The van der Waals surface area contributed by atoms with E-state index in [-0.39, 0.29) is 0 Å². The van der Waals surface area contributed by atoms with Crippen LogP contribution in [0.5, 0.6) is 0 Å². The van der Waals surface area contributed by atoms with Crippen LogP contribution >= 0.6 is 11.6 Å². The molecule has 3 aromatic heterocycles. The van der Waals surface area contributed by atoms with E-state index in [2.05, 4.69) is 14.8 Å². The monoisotopic (exact) mass is 268 g/mol. The number of pyridine rings is 2. The first-order valence-corrected chi connectivity index (χ1v) is 6.05. The Bertz CT molecular complexity index is 814. The number of imidazole rings is 1. The van der Waals surface area contributed by atoms with Crippen LogP contribution in [0.1, 0.15) is 5.69 Å². The number of fused-ring (bicyclic) bond motifs is 1. The van der Waals surface area contributed by atoms with Gasteiger partial charge < -0.3 is 4.85 Å². The standard InChI is InChI=1S/C14H9ClN4/c1-9-3-5-11(14(15)18-9)10-4-6-12-17-7-13(16-2)19(12)8-10/h3-8H,1H3. The van der Waals surface area contributed by atoms with Crippen molar-refractivity contribution in [3.05, 3.63) is 58.9 Å². The number of nitrogens with zero attached hydrogens (tertiary/aromatic N) is 4. The summed E-state index contributed by atoms with van der Waals surface area (Å²) in [7, 11) is 0. The molecule has 0 atom stereocenters. The lowest BCUT2D eigenvalue weighted by molar-refractivity contribution is 1.18. The molecule has 0 aliphatic carbocycles. The van der Waals surface area contributed by atoms with Crippen molar-refractivity contribution >= 4 is 23.1 Å². The molecule has 19 heavy (non-hydrogen) atoms. The topological polar surface area (TPSA) is 34.5 Å². The van der Waals surface area contributed by atoms with Crippen molar-refractivity contribution in [3.63, 3.8) is 0 Å². The molecule has 0 aliphatic rings. The van der Waals surface area contributed by atoms with Crippen LogP contribution in [-0.4, -0.2) is 14.4 Å². The van der Waals surface area contributed by atoms with Gasteiger partial charge in [0.1, 0.15) is 5.15 Å². The highest BCUT2D eigenvalue weighted by atomic mass is 35.5. The fourth-order valence-corrected chi connectivity index (χ4v) is 2.26. The van der Waals surface area contributed by atoms with E-state index in [0.717, 1.165) is 22.5 Å². The molecule has 3 aromatic rings. The second-order valence-electron chi connectivity index (χ2n) is 4.17. The van der Waals surface area contributed by atoms with Crippen LogP contribution in [0.2, 0.25) is 5.15 Å². The quantitative estimate of drug-likeness (QED) is 0.495. The summed E-state index contributed by atoms with van der Waals surface area (Å²) in [5.41, 5.74) is 3.37.